The summed E-state index contributed by atoms with van der Waals surface area (Å²) >= 11 is 0. The van der Waals surface area contributed by atoms with Crippen LogP contribution >= 0.6 is 0 Å². The number of hydrogen-bond donors (Lipinski definition) is 2. The zero-order chi connectivity index (χ0) is 12.5. The summed E-state index contributed by atoms with van der Waals surface area (Å²) < 4.78 is 1.69. The third-order valence-electron chi connectivity index (χ3n) is 3.41. The summed E-state index contributed by atoms with van der Waals surface area (Å²) in [6.45, 7) is 1.90. The van der Waals surface area contributed by atoms with Gasteiger partial charge in [-0.3, -0.25) is 4.79 Å². The Morgan fingerprint density at radius 3 is 2.94 bits per heavy atom. The van der Waals surface area contributed by atoms with Crippen molar-refractivity contribution in [2.75, 3.05) is 13.1 Å². The van der Waals surface area contributed by atoms with E-state index in [9.17, 15) is 4.79 Å². The van der Waals surface area contributed by atoms with Gasteiger partial charge in [-0.2, -0.15) is 10.4 Å². The van der Waals surface area contributed by atoms with Gasteiger partial charge in [-0.1, -0.05) is 0 Å². The van der Waals surface area contributed by atoms with Gasteiger partial charge in [-0.15, -0.1) is 0 Å². The zero-order valence-corrected chi connectivity index (χ0v) is 9.81. The molecule has 18 heavy (non-hydrogen) atoms. The van der Waals surface area contributed by atoms with Crippen molar-refractivity contribution in [3.8, 4) is 6.07 Å². The SMILES string of the molecule is N#Cc1cnn2c(C3CCNCC3)cc(=O)[nH]c12. The molecule has 0 aliphatic carbocycles. The smallest absolute Gasteiger partial charge is 0.251 e. The number of aromatic amines is 1. The van der Waals surface area contributed by atoms with Crippen LogP contribution < -0.4 is 10.9 Å². The van der Waals surface area contributed by atoms with Crippen LogP contribution in [-0.4, -0.2) is 27.7 Å². The fourth-order valence-electron chi connectivity index (χ4n) is 2.50. The van der Waals surface area contributed by atoms with Crippen LogP contribution in [-0.2, 0) is 0 Å². The maximum absolute atomic E-state index is 11.7. The van der Waals surface area contributed by atoms with E-state index in [2.05, 4.69) is 15.4 Å². The van der Waals surface area contributed by atoms with Crippen LogP contribution in [0.15, 0.2) is 17.1 Å². The Morgan fingerprint density at radius 2 is 2.22 bits per heavy atom. The number of nitrogens with zero attached hydrogens (tertiary/aromatic N) is 3. The molecule has 0 aromatic carbocycles. The molecule has 3 rings (SSSR count). The summed E-state index contributed by atoms with van der Waals surface area (Å²) in [4.78, 5) is 14.4. The van der Waals surface area contributed by atoms with E-state index in [1.165, 1.54) is 6.20 Å². The lowest BCUT2D eigenvalue weighted by molar-refractivity contribution is 0.446. The molecule has 2 N–H and O–H groups in total. The van der Waals surface area contributed by atoms with E-state index in [0.717, 1.165) is 31.6 Å². The van der Waals surface area contributed by atoms with Gasteiger partial charge >= 0.3 is 0 Å². The summed E-state index contributed by atoms with van der Waals surface area (Å²) in [6.07, 6.45) is 3.47. The first-order valence-corrected chi connectivity index (χ1v) is 6.01. The molecule has 2 aromatic rings. The summed E-state index contributed by atoms with van der Waals surface area (Å²) in [7, 11) is 0. The fourth-order valence-corrected chi connectivity index (χ4v) is 2.50. The zero-order valence-electron chi connectivity index (χ0n) is 9.81. The first-order valence-electron chi connectivity index (χ1n) is 6.01. The van der Waals surface area contributed by atoms with Gasteiger partial charge in [-0.25, -0.2) is 4.52 Å². The topological polar surface area (TPSA) is 86.0 Å². The van der Waals surface area contributed by atoms with Gasteiger partial charge in [0.1, 0.15) is 11.6 Å². The molecule has 1 aliphatic heterocycles. The number of hydrogen-bond acceptors (Lipinski definition) is 4. The molecule has 0 bridgehead atoms. The highest BCUT2D eigenvalue weighted by molar-refractivity contribution is 5.54. The molecule has 0 spiro atoms. The highest BCUT2D eigenvalue weighted by atomic mass is 16.1. The minimum atomic E-state index is -0.173. The van der Waals surface area contributed by atoms with Crippen LogP contribution in [0.2, 0.25) is 0 Å². The van der Waals surface area contributed by atoms with Crippen LogP contribution in [0.1, 0.15) is 30.0 Å². The van der Waals surface area contributed by atoms with Crippen molar-refractivity contribution in [3.63, 3.8) is 0 Å². The Balaban J connectivity index is 2.19. The van der Waals surface area contributed by atoms with Crippen molar-refractivity contribution >= 4 is 5.65 Å². The summed E-state index contributed by atoms with van der Waals surface area (Å²) in [5.74, 6) is 0.322. The van der Waals surface area contributed by atoms with Crippen LogP contribution in [0.3, 0.4) is 0 Å². The lowest BCUT2D eigenvalue weighted by atomic mass is 9.94. The highest BCUT2D eigenvalue weighted by Gasteiger charge is 2.20. The highest BCUT2D eigenvalue weighted by Crippen LogP contribution is 2.24. The molecule has 6 nitrogen and oxygen atoms in total. The maximum Gasteiger partial charge on any atom is 0.251 e. The number of fused-ring (bicyclic) bond motifs is 1. The first-order chi connectivity index (χ1) is 8.79. The van der Waals surface area contributed by atoms with E-state index in [0.29, 0.717) is 17.1 Å². The van der Waals surface area contributed by atoms with Crippen molar-refractivity contribution in [2.45, 2.75) is 18.8 Å². The standard InChI is InChI=1S/C12H13N5O/c13-6-9-7-15-17-10(5-11(18)16-12(9)17)8-1-3-14-4-2-8/h5,7-8,14H,1-4H2,(H,16,18). The van der Waals surface area contributed by atoms with Crippen LogP contribution in [0.5, 0.6) is 0 Å². The number of nitriles is 1. The van der Waals surface area contributed by atoms with Crippen molar-refractivity contribution < 1.29 is 0 Å². The maximum atomic E-state index is 11.7. The van der Waals surface area contributed by atoms with Gasteiger partial charge in [0.15, 0.2) is 5.65 Å². The van der Waals surface area contributed by atoms with Crippen LogP contribution in [0, 0.1) is 11.3 Å². The molecule has 0 saturated carbocycles. The quantitative estimate of drug-likeness (QED) is 0.757. The Kier molecular flexibility index (Phi) is 2.61. The largest absolute Gasteiger partial charge is 0.317 e. The summed E-state index contributed by atoms with van der Waals surface area (Å²) in [5.41, 5.74) is 1.63. The van der Waals surface area contributed by atoms with Gasteiger partial charge in [0, 0.05) is 12.0 Å². The number of aromatic nitrogens is 3. The van der Waals surface area contributed by atoms with E-state index in [1.807, 2.05) is 6.07 Å². The lowest BCUT2D eigenvalue weighted by Gasteiger charge is -2.22. The monoisotopic (exact) mass is 243 g/mol. The minimum Gasteiger partial charge on any atom is -0.317 e. The summed E-state index contributed by atoms with van der Waals surface area (Å²) in [6, 6.07) is 3.64. The number of rotatable bonds is 1. The predicted octanol–water partition coefficient (Wildman–Crippen LogP) is 0.361. The van der Waals surface area contributed by atoms with E-state index in [4.69, 9.17) is 5.26 Å². The van der Waals surface area contributed by atoms with Crippen molar-refractivity contribution in [2.24, 2.45) is 0 Å². The minimum absolute atomic E-state index is 0.173. The Bertz CT molecular complexity index is 672. The first kappa shape index (κ1) is 11.0. The third-order valence-corrected chi connectivity index (χ3v) is 3.41. The Morgan fingerprint density at radius 1 is 1.44 bits per heavy atom. The molecule has 3 heterocycles. The van der Waals surface area contributed by atoms with E-state index >= 15 is 0 Å². The molecule has 0 unspecified atom stereocenters. The lowest BCUT2D eigenvalue weighted by Crippen LogP contribution is -2.28. The molecule has 6 heteroatoms. The van der Waals surface area contributed by atoms with Gasteiger partial charge in [0.2, 0.25) is 0 Å². The molecule has 1 aliphatic rings. The molecule has 1 fully saturated rings. The molecule has 1 saturated heterocycles. The average Bonchev–Trinajstić information content (AvgIpc) is 2.81. The molecule has 0 radical (unpaired) electrons. The third kappa shape index (κ3) is 1.69. The number of nitrogens with one attached hydrogen (secondary N) is 2. The van der Waals surface area contributed by atoms with Gasteiger partial charge in [0.25, 0.3) is 5.56 Å². The number of H-pyrrole nitrogens is 1. The van der Waals surface area contributed by atoms with Gasteiger partial charge in [0.05, 0.1) is 11.9 Å². The second-order valence-electron chi connectivity index (χ2n) is 4.51. The Hall–Kier alpha value is -2.13. The van der Waals surface area contributed by atoms with E-state index < -0.39 is 0 Å². The molecule has 0 amide bonds. The van der Waals surface area contributed by atoms with Crippen molar-refractivity contribution in [1.29, 1.82) is 5.26 Å². The van der Waals surface area contributed by atoms with E-state index in [-0.39, 0.29) is 5.56 Å². The summed E-state index contributed by atoms with van der Waals surface area (Å²) in [5, 5.41) is 16.5. The second kappa shape index (κ2) is 4.27. The molecule has 0 atom stereocenters. The van der Waals surface area contributed by atoms with Crippen molar-refractivity contribution in [1.82, 2.24) is 19.9 Å². The molecule has 92 valence electrons. The van der Waals surface area contributed by atoms with Gasteiger partial charge in [-0.05, 0) is 25.9 Å². The number of piperidine rings is 1. The predicted molar refractivity (Wildman–Crippen MR) is 65.4 cm³/mol. The fraction of sp³-hybridized carbons (Fsp3) is 0.417. The van der Waals surface area contributed by atoms with Crippen LogP contribution in [0.25, 0.3) is 5.65 Å². The normalized spacial score (nSPS) is 16.8. The molecule has 2 aromatic heterocycles. The second-order valence-corrected chi connectivity index (χ2v) is 4.51. The van der Waals surface area contributed by atoms with Gasteiger partial charge < -0.3 is 10.3 Å². The average molecular weight is 243 g/mol. The van der Waals surface area contributed by atoms with Crippen molar-refractivity contribution in [3.05, 3.63) is 33.9 Å². The molecular formula is C12H13N5O. The van der Waals surface area contributed by atoms with Crippen LogP contribution in [0.4, 0.5) is 0 Å². The van der Waals surface area contributed by atoms with E-state index in [1.54, 1.807) is 10.6 Å². The molecular weight excluding hydrogens is 230 g/mol. The Labute approximate surface area is 103 Å².